The molecule has 0 aliphatic rings. The van der Waals surface area contributed by atoms with Gasteiger partial charge < -0.3 is 0 Å². The first kappa shape index (κ1) is 26.5. The standard InChI is InChI=1S/C11H21O2.3C4H9.Sn/c1-5-8-13-11(10(2)3)7-6-9-12-4;3*1-3-4-2;/h6-7,10-11H,4-5,8-9H2,1-3H3;3*1,3-4H2,2H3;/b7-6-;;;;. The van der Waals surface area contributed by atoms with Crippen LogP contribution in [-0.4, -0.2) is 42.3 Å². The zero-order valence-corrected chi connectivity index (χ0v) is 21.7. The van der Waals surface area contributed by atoms with E-state index in [-0.39, 0.29) is 6.10 Å². The van der Waals surface area contributed by atoms with Gasteiger partial charge in [-0.25, -0.2) is 0 Å². The van der Waals surface area contributed by atoms with Gasteiger partial charge in [-0.15, -0.1) is 0 Å². The van der Waals surface area contributed by atoms with E-state index in [9.17, 15) is 0 Å². The van der Waals surface area contributed by atoms with E-state index in [1.807, 2.05) is 0 Å². The second-order valence-electron chi connectivity index (χ2n) is 8.33. The van der Waals surface area contributed by atoms with Crippen LogP contribution in [0.15, 0.2) is 12.2 Å². The van der Waals surface area contributed by atoms with Crippen molar-refractivity contribution in [2.24, 2.45) is 5.92 Å². The third-order valence-electron chi connectivity index (χ3n) is 5.30. The summed E-state index contributed by atoms with van der Waals surface area (Å²) >= 11 is -2.12. The minimum atomic E-state index is -2.12. The van der Waals surface area contributed by atoms with E-state index in [0.717, 1.165) is 24.3 Å². The van der Waals surface area contributed by atoms with Gasteiger partial charge in [0, 0.05) is 0 Å². The Balaban J connectivity index is 4.61. The Labute approximate surface area is 169 Å². The molecule has 0 spiro atoms. The molecule has 0 amide bonds. The maximum absolute atomic E-state index is 6.28. The van der Waals surface area contributed by atoms with E-state index in [1.165, 1.54) is 51.8 Å². The Morgan fingerprint density at radius 1 is 0.808 bits per heavy atom. The van der Waals surface area contributed by atoms with Crippen LogP contribution in [0.3, 0.4) is 0 Å². The summed E-state index contributed by atoms with van der Waals surface area (Å²) in [6, 6.07) is 0. The van der Waals surface area contributed by atoms with E-state index in [2.05, 4.69) is 53.7 Å². The predicted octanol–water partition coefficient (Wildman–Crippen LogP) is 7.40. The van der Waals surface area contributed by atoms with Crippen LogP contribution in [0.5, 0.6) is 0 Å². The van der Waals surface area contributed by atoms with Gasteiger partial charge in [-0.2, -0.15) is 0 Å². The van der Waals surface area contributed by atoms with Crippen LogP contribution in [0.25, 0.3) is 0 Å². The van der Waals surface area contributed by atoms with E-state index >= 15 is 0 Å². The first-order valence-corrected chi connectivity index (χ1v) is 19.5. The van der Waals surface area contributed by atoms with Crippen molar-refractivity contribution in [1.82, 2.24) is 0 Å². The molecule has 156 valence electrons. The molecule has 0 saturated heterocycles. The van der Waals surface area contributed by atoms with Crippen LogP contribution in [-0.2, 0) is 9.47 Å². The fourth-order valence-corrected chi connectivity index (χ4v) is 17.9. The summed E-state index contributed by atoms with van der Waals surface area (Å²) < 4.78 is 17.9. The molecule has 1 unspecified atom stereocenters. The monoisotopic (exact) mass is 476 g/mol. The van der Waals surface area contributed by atoms with Crippen molar-refractivity contribution in [2.75, 3.05) is 17.8 Å². The van der Waals surface area contributed by atoms with Gasteiger partial charge in [0.15, 0.2) is 0 Å². The average molecular weight is 475 g/mol. The van der Waals surface area contributed by atoms with Crippen molar-refractivity contribution < 1.29 is 9.47 Å². The predicted molar refractivity (Wildman–Crippen MR) is 120 cm³/mol. The van der Waals surface area contributed by atoms with Crippen molar-refractivity contribution in [3.05, 3.63) is 12.2 Å². The topological polar surface area (TPSA) is 18.5 Å². The second-order valence-corrected chi connectivity index (χ2v) is 22.0. The van der Waals surface area contributed by atoms with Gasteiger partial charge in [0.05, 0.1) is 0 Å². The van der Waals surface area contributed by atoms with E-state index in [1.54, 1.807) is 0 Å². The van der Waals surface area contributed by atoms with Crippen LogP contribution in [0, 0.1) is 5.92 Å². The fraction of sp³-hybridized carbons (Fsp3) is 0.913. The summed E-state index contributed by atoms with van der Waals surface area (Å²) in [7, 11) is 0. The Kier molecular flexibility index (Phi) is 17.9. The Hall–Kier alpha value is 0.459. The Morgan fingerprint density at radius 2 is 1.35 bits per heavy atom. The molecular weight excluding hydrogens is 427 g/mol. The molecule has 0 aromatic heterocycles. The van der Waals surface area contributed by atoms with Crippen LogP contribution in [0.4, 0.5) is 0 Å². The van der Waals surface area contributed by atoms with Crippen molar-refractivity contribution in [1.29, 1.82) is 0 Å². The second kappa shape index (κ2) is 17.5. The average Bonchev–Trinajstić information content (AvgIpc) is 2.64. The molecule has 0 bridgehead atoms. The summed E-state index contributed by atoms with van der Waals surface area (Å²) in [5, 5.41) is 0. The van der Waals surface area contributed by atoms with Crippen LogP contribution in [0.1, 0.15) is 86.5 Å². The molecule has 0 aliphatic carbocycles. The van der Waals surface area contributed by atoms with Gasteiger partial charge in [-0.1, -0.05) is 0 Å². The quantitative estimate of drug-likeness (QED) is 0.117. The molecule has 0 fully saturated rings. The first-order chi connectivity index (χ1) is 12.5. The van der Waals surface area contributed by atoms with E-state index in [0.29, 0.717) is 5.92 Å². The number of unbranched alkanes of at least 4 members (excludes halogenated alkanes) is 3. The molecule has 0 aromatic carbocycles. The zero-order chi connectivity index (χ0) is 19.7. The first-order valence-electron chi connectivity index (χ1n) is 11.4. The van der Waals surface area contributed by atoms with Gasteiger partial charge >= 0.3 is 170 Å². The molecule has 0 N–H and O–H groups in total. The van der Waals surface area contributed by atoms with Crippen molar-refractivity contribution in [3.63, 3.8) is 0 Å². The van der Waals surface area contributed by atoms with Crippen molar-refractivity contribution in [2.45, 2.75) is 106 Å². The summed E-state index contributed by atoms with van der Waals surface area (Å²) in [6.07, 6.45) is 14.0. The van der Waals surface area contributed by atoms with E-state index in [4.69, 9.17) is 9.47 Å². The summed E-state index contributed by atoms with van der Waals surface area (Å²) in [4.78, 5) is 0. The molecule has 0 saturated carbocycles. The molecule has 1 atom stereocenters. The summed E-state index contributed by atoms with van der Waals surface area (Å²) in [5.74, 6) is 0.523. The SMILES string of the molecule is CCC[CH2][Sn]([CH2]CCC)([CH2]CCC)[CH2]OC/C=C\C(OCCC)C(C)C. The van der Waals surface area contributed by atoms with Crippen LogP contribution in [0.2, 0.25) is 13.3 Å². The molecular formula is C23H48O2Sn. The molecule has 0 aliphatic heterocycles. The number of rotatable bonds is 18. The minimum absolute atomic E-state index is 0.229. The normalized spacial score (nSPS) is 13.8. The molecule has 0 radical (unpaired) electrons. The molecule has 0 heterocycles. The number of hydrogen-bond acceptors (Lipinski definition) is 2. The molecule has 0 aromatic rings. The zero-order valence-electron chi connectivity index (χ0n) is 18.8. The molecule has 0 rings (SSSR count). The van der Waals surface area contributed by atoms with Gasteiger partial charge in [-0.05, 0) is 0 Å². The van der Waals surface area contributed by atoms with Gasteiger partial charge in [0.2, 0.25) is 0 Å². The van der Waals surface area contributed by atoms with E-state index < -0.39 is 18.4 Å². The van der Waals surface area contributed by atoms with Crippen LogP contribution < -0.4 is 0 Å². The van der Waals surface area contributed by atoms with Crippen LogP contribution >= 0.6 is 0 Å². The summed E-state index contributed by atoms with van der Waals surface area (Å²) in [6.45, 7) is 15.2. The fourth-order valence-electron chi connectivity index (χ4n) is 3.50. The number of hydrogen-bond donors (Lipinski definition) is 0. The third kappa shape index (κ3) is 12.8. The molecule has 2 nitrogen and oxygen atoms in total. The van der Waals surface area contributed by atoms with Gasteiger partial charge in [0.25, 0.3) is 0 Å². The van der Waals surface area contributed by atoms with Gasteiger partial charge in [-0.3, -0.25) is 0 Å². The van der Waals surface area contributed by atoms with Gasteiger partial charge in [0.1, 0.15) is 0 Å². The third-order valence-corrected chi connectivity index (χ3v) is 19.7. The summed E-state index contributed by atoms with van der Waals surface area (Å²) in [5.41, 5.74) is 0. The molecule has 3 heteroatoms. The molecule has 26 heavy (non-hydrogen) atoms. The maximum atomic E-state index is 6.28. The van der Waals surface area contributed by atoms with Crippen molar-refractivity contribution in [3.8, 4) is 0 Å². The Morgan fingerprint density at radius 3 is 1.77 bits per heavy atom. The number of ether oxygens (including phenoxy) is 2. The van der Waals surface area contributed by atoms with Crippen molar-refractivity contribution >= 4 is 18.4 Å². The Bertz CT molecular complexity index is 306.